The van der Waals surface area contributed by atoms with Crippen LogP contribution in [0.25, 0.3) is 0 Å². The second-order valence-corrected chi connectivity index (χ2v) is 7.57. The maximum Gasteiger partial charge on any atom is 0.237 e. The molecule has 1 N–H and O–H groups in total. The van der Waals surface area contributed by atoms with Crippen LogP contribution in [0.5, 0.6) is 0 Å². The number of benzene rings is 1. The van der Waals surface area contributed by atoms with E-state index >= 15 is 0 Å². The van der Waals surface area contributed by atoms with Crippen LogP contribution in [0.15, 0.2) is 35.4 Å². The van der Waals surface area contributed by atoms with Crippen LogP contribution in [-0.2, 0) is 27.1 Å². The van der Waals surface area contributed by atoms with Crippen molar-refractivity contribution >= 4 is 23.6 Å². The molecule has 7 heteroatoms. The van der Waals surface area contributed by atoms with Crippen LogP contribution in [0.2, 0.25) is 0 Å². The molecule has 0 saturated carbocycles. The molecule has 0 unspecified atom stereocenters. The van der Waals surface area contributed by atoms with Crippen molar-refractivity contribution in [3.8, 4) is 0 Å². The molecule has 1 saturated heterocycles. The van der Waals surface area contributed by atoms with Crippen molar-refractivity contribution in [1.82, 2.24) is 9.97 Å². The number of thioether (sulfide) groups is 1. The fourth-order valence-corrected chi connectivity index (χ4v) is 4.15. The third-order valence-corrected chi connectivity index (χ3v) is 5.85. The zero-order valence-electron chi connectivity index (χ0n) is 14.7. The quantitative estimate of drug-likeness (QED) is 0.833. The molecule has 2 aliphatic rings. The van der Waals surface area contributed by atoms with Crippen LogP contribution in [0, 0.1) is 6.92 Å². The lowest BCUT2D eigenvalue weighted by Crippen LogP contribution is -2.37. The topological polar surface area (TPSA) is 73.3 Å². The Kier molecular flexibility index (Phi) is 4.93. The first-order chi connectivity index (χ1) is 12.6. The number of rotatable bonds is 4. The van der Waals surface area contributed by atoms with Gasteiger partial charge in [0.25, 0.3) is 0 Å². The van der Waals surface area contributed by atoms with E-state index in [0.717, 1.165) is 29.0 Å². The molecule has 1 aliphatic carbocycles. The molecule has 1 aromatic carbocycles. The maximum absolute atomic E-state index is 12.2. The maximum atomic E-state index is 12.2. The van der Waals surface area contributed by atoms with Gasteiger partial charge in [0, 0.05) is 29.6 Å². The molecule has 136 valence electrons. The van der Waals surface area contributed by atoms with Gasteiger partial charge >= 0.3 is 0 Å². The summed E-state index contributed by atoms with van der Waals surface area (Å²) in [6.07, 6.45) is 3.99. The molecule has 0 bridgehead atoms. The fraction of sp³-hybridized carbons (Fsp3) is 0.421. The number of fused-ring (bicyclic) bond motifs is 1. The van der Waals surface area contributed by atoms with E-state index in [2.05, 4.69) is 15.3 Å². The second-order valence-electron chi connectivity index (χ2n) is 6.55. The van der Waals surface area contributed by atoms with Gasteiger partial charge in [-0.05, 0) is 30.5 Å². The molecule has 0 radical (unpaired) electrons. The first-order valence-corrected chi connectivity index (χ1v) is 9.73. The molecule has 1 aromatic heterocycles. The number of amides is 1. The van der Waals surface area contributed by atoms with E-state index in [1.54, 1.807) is 6.20 Å². The zero-order chi connectivity index (χ0) is 18.0. The van der Waals surface area contributed by atoms with Gasteiger partial charge in [-0.25, -0.2) is 9.97 Å². The lowest BCUT2D eigenvalue weighted by Gasteiger charge is -2.32. The Hall–Kier alpha value is -1.96. The summed E-state index contributed by atoms with van der Waals surface area (Å²) in [5.74, 6) is 0.0952. The minimum Gasteiger partial charge on any atom is -0.347 e. The summed E-state index contributed by atoms with van der Waals surface area (Å²) in [4.78, 5) is 22.1. The second kappa shape index (κ2) is 7.34. The lowest BCUT2D eigenvalue weighted by molar-refractivity contribution is -0.164. The molecule has 6 nitrogen and oxygen atoms in total. The van der Waals surface area contributed by atoms with Crippen LogP contribution in [0.4, 0.5) is 5.95 Å². The average Bonchev–Trinajstić information content (AvgIpc) is 3.09. The van der Waals surface area contributed by atoms with Crippen LogP contribution < -0.4 is 5.32 Å². The molecule has 1 fully saturated rings. The Morgan fingerprint density at radius 3 is 2.92 bits per heavy atom. The molecular weight excluding hydrogens is 350 g/mol. The summed E-state index contributed by atoms with van der Waals surface area (Å²) >= 11 is 1.52. The average molecular weight is 371 g/mol. The van der Waals surface area contributed by atoms with Crippen LogP contribution in [0.3, 0.4) is 0 Å². The van der Waals surface area contributed by atoms with Crippen molar-refractivity contribution in [2.24, 2.45) is 0 Å². The highest BCUT2D eigenvalue weighted by Gasteiger charge is 2.40. The minimum atomic E-state index is -0.495. The molecular formula is C19H21N3O3S. The first kappa shape index (κ1) is 17.5. The highest BCUT2D eigenvalue weighted by Crippen LogP contribution is 2.34. The van der Waals surface area contributed by atoms with Crippen molar-refractivity contribution in [2.45, 2.75) is 36.9 Å². The molecule has 1 amide bonds. The number of anilines is 1. The molecule has 1 aliphatic heterocycles. The van der Waals surface area contributed by atoms with Crippen molar-refractivity contribution in [1.29, 1.82) is 0 Å². The van der Waals surface area contributed by atoms with Gasteiger partial charge in [0.2, 0.25) is 11.9 Å². The van der Waals surface area contributed by atoms with Gasteiger partial charge in [0.05, 0.1) is 19.0 Å². The van der Waals surface area contributed by atoms with E-state index in [1.165, 1.54) is 17.3 Å². The SMILES string of the molecule is Cc1ccccc1SCC(=O)Nc1ncc2c(n1)CCC1(C2)OCCO1. The Morgan fingerprint density at radius 2 is 2.12 bits per heavy atom. The van der Waals surface area contributed by atoms with Gasteiger partial charge in [-0.3, -0.25) is 10.1 Å². The minimum absolute atomic E-state index is 0.104. The molecule has 2 aromatic rings. The van der Waals surface area contributed by atoms with E-state index in [1.807, 2.05) is 31.2 Å². The lowest BCUT2D eigenvalue weighted by atomic mass is 9.92. The number of nitrogens with zero attached hydrogens (tertiary/aromatic N) is 2. The van der Waals surface area contributed by atoms with Gasteiger partial charge in [-0.15, -0.1) is 11.8 Å². The van der Waals surface area contributed by atoms with E-state index in [0.29, 0.717) is 31.3 Å². The molecule has 0 atom stereocenters. The number of nitrogens with one attached hydrogen (secondary N) is 1. The highest BCUT2D eigenvalue weighted by molar-refractivity contribution is 8.00. The van der Waals surface area contributed by atoms with E-state index < -0.39 is 5.79 Å². The third-order valence-electron chi connectivity index (χ3n) is 4.67. The Labute approximate surface area is 156 Å². The van der Waals surface area contributed by atoms with Crippen LogP contribution >= 0.6 is 11.8 Å². The predicted molar refractivity (Wildman–Crippen MR) is 99.2 cm³/mol. The number of aryl methyl sites for hydroxylation is 2. The van der Waals surface area contributed by atoms with Gasteiger partial charge in [-0.2, -0.15) is 0 Å². The zero-order valence-corrected chi connectivity index (χ0v) is 15.5. The summed E-state index contributed by atoms with van der Waals surface area (Å²) < 4.78 is 11.5. The monoisotopic (exact) mass is 371 g/mol. The van der Waals surface area contributed by atoms with Gasteiger partial charge in [0.1, 0.15) is 0 Å². The number of ether oxygens (including phenoxy) is 2. The van der Waals surface area contributed by atoms with Crippen molar-refractivity contribution in [2.75, 3.05) is 24.3 Å². The number of carbonyl (C=O) groups excluding carboxylic acids is 1. The number of hydrogen-bond acceptors (Lipinski definition) is 6. The number of hydrogen-bond donors (Lipinski definition) is 1. The predicted octanol–water partition coefficient (Wildman–Crippen LogP) is 2.75. The normalized spacial score (nSPS) is 17.9. The molecule has 2 heterocycles. The molecule has 4 rings (SSSR count). The van der Waals surface area contributed by atoms with Crippen LogP contribution in [0.1, 0.15) is 23.2 Å². The third kappa shape index (κ3) is 3.75. The van der Waals surface area contributed by atoms with Crippen molar-refractivity contribution < 1.29 is 14.3 Å². The number of aromatic nitrogens is 2. The summed E-state index contributed by atoms with van der Waals surface area (Å²) in [6.45, 7) is 3.32. The Bertz CT molecular complexity index is 821. The summed E-state index contributed by atoms with van der Waals surface area (Å²) in [5.41, 5.74) is 3.16. The standard InChI is InChI=1S/C19H21N3O3S/c1-13-4-2-3-5-16(13)26-12-17(23)22-18-20-11-14-10-19(24-8-9-25-19)7-6-15(14)21-18/h2-5,11H,6-10,12H2,1H3,(H,20,21,22,23). The summed E-state index contributed by atoms with van der Waals surface area (Å²) in [7, 11) is 0. The number of carbonyl (C=O) groups is 1. The largest absolute Gasteiger partial charge is 0.347 e. The highest BCUT2D eigenvalue weighted by atomic mass is 32.2. The van der Waals surface area contributed by atoms with Crippen molar-refractivity contribution in [3.05, 3.63) is 47.3 Å². The summed E-state index contributed by atoms with van der Waals surface area (Å²) in [6, 6.07) is 8.03. The smallest absolute Gasteiger partial charge is 0.237 e. The van der Waals surface area contributed by atoms with Gasteiger partial charge in [0.15, 0.2) is 5.79 Å². The van der Waals surface area contributed by atoms with E-state index in [4.69, 9.17) is 9.47 Å². The Morgan fingerprint density at radius 1 is 1.31 bits per heavy atom. The molecule has 26 heavy (non-hydrogen) atoms. The van der Waals surface area contributed by atoms with Crippen molar-refractivity contribution in [3.63, 3.8) is 0 Å². The fourth-order valence-electron chi connectivity index (χ4n) is 3.32. The first-order valence-electron chi connectivity index (χ1n) is 8.75. The van der Waals surface area contributed by atoms with E-state index in [9.17, 15) is 4.79 Å². The molecule has 1 spiro atoms. The Balaban J connectivity index is 1.37. The summed E-state index contributed by atoms with van der Waals surface area (Å²) in [5, 5.41) is 2.80. The van der Waals surface area contributed by atoms with Gasteiger partial charge < -0.3 is 9.47 Å². The van der Waals surface area contributed by atoms with E-state index in [-0.39, 0.29) is 5.91 Å². The van der Waals surface area contributed by atoms with Crippen LogP contribution in [-0.4, -0.2) is 40.6 Å². The van der Waals surface area contributed by atoms with Gasteiger partial charge in [-0.1, -0.05) is 18.2 Å².